The first-order chi connectivity index (χ1) is 8.24. The van der Waals surface area contributed by atoms with E-state index in [1.807, 2.05) is 4.68 Å². The second kappa shape index (κ2) is 5.40. The number of hydrogen-bond donors (Lipinski definition) is 0. The summed E-state index contributed by atoms with van der Waals surface area (Å²) in [5, 5.41) is 4.17. The SMILES string of the molecule is CCC1CN(Cc2ncnn2CC)CCC1=O. The van der Waals surface area contributed by atoms with Gasteiger partial charge in [-0.1, -0.05) is 6.92 Å². The number of rotatable bonds is 4. The van der Waals surface area contributed by atoms with Crippen molar-refractivity contribution < 1.29 is 4.79 Å². The standard InChI is InChI=1S/C12H20N4O/c1-3-10-7-15(6-5-11(10)17)8-12-13-9-14-16(12)4-2/h9-10H,3-8H2,1-2H3. The van der Waals surface area contributed by atoms with Crippen LogP contribution in [0.25, 0.3) is 0 Å². The zero-order valence-corrected chi connectivity index (χ0v) is 10.6. The van der Waals surface area contributed by atoms with Crippen LogP contribution in [0, 0.1) is 5.92 Å². The maximum absolute atomic E-state index is 11.6. The largest absolute Gasteiger partial charge is 0.299 e. The van der Waals surface area contributed by atoms with Crippen molar-refractivity contribution in [2.24, 2.45) is 5.92 Å². The molecule has 0 bridgehead atoms. The maximum Gasteiger partial charge on any atom is 0.140 e. The number of carbonyl (C=O) groups excluding carboxylic acids is 1. The highest BCUT2D eigenvalue weighted by Crippen LogP contribution is 2.17. The van der Waals surface area contributed by atoms with Gasteiger partial charge in [-0.2, -0.15) is 5.10 Å². The summed E-state index contributed by atoms with van der Waals surface area (Å²) in [6.45, 7) is 7.52. The average Bonchev–Trinajstić information content (AvgIpc) is 2.79. The number of hydrogen-bond acceptors (Lipinski definition) is 4. The lowest BCUT2D eigenvalue weighted by Gasteiger charge is -2.30. The third-order valence-corrected chi connectivity index (χ3v) is 3.46. The molecular formula is C12H20N4O. The molecule has 5 heteroatoms. The highest BCUT2D eigenvalue weighted by Gasteiger charge is 2.26. The molecule has 1 aromatic heterocycles. The smallest absolute Gasteiger partial charge is 0.140 e. The highest BCUT2D eigenvalue weighted by atomic mass is 16.1. The van der Waals surface area contributed by atoms with E-state index in [0.717, 1.165) is 38.4 Å². The molecule has 1 fully saturated rings. The molecule has 1 saturated heterocycles. The Kier molecular flexibility index (Phi) is 3.89. The molecule has 0 saturated carbocycles. The van der Waals surface area contributed by atoms with E-state index in [1.54, 1.807) is 6.33 Å². The first-order valence-electron chi connectivity index (χ1n) is 6.36. The number of Topliss-reactive ketones (excluding diaryl/α,β-unsaturated/α-hetero) is 1. The highest BCUT2D eigenvalue weighted by molar-refractivity contribution is 5.82. The average molecular weight is 236 g/mol. The van der Waals surface area contributed by atoms with Crippen LogP contribution in [0.15, 0.2) is 6.33 Å². The van der Waals surface area contributed by atoms with E-state index in [9.17, 15) is 4.79 Å². The number of piperidine rings is 1. The van der Waals surface area contributed by atoms with Crippen molar-refractivity contribution in [3.05, 3.63) is 12.2 Å². The van der Waals surface area contributed by atoms with Gasteiger partial charge >= 0.3 is 0 Å². The van der Waals surface area contributed by atoms with Gasteiger partial charge in [0, 0.05) is 32.0 Å². The second-order valence-electron chi connectivity index (χ2n) is 4.55. The number of carbonyl (C=O) groups is 1. The van der Waals surface area contributed by atoms with Crippen molar-refractivity contribution in [3.8, 4) is 0 Å². The quantitative estimate of drug-likeness (QED) is 0.785. The Labute approximate surface area is 102 Å². The third-order valence-electron chi connectivity index (χ3n) is 3.46. The van der Waals surface area contributed by atoms with Gasteiger partial charge in [0.15, 0.2) is 0 Å². The predicted octanol–water partition coefficient (Wildman–Crippen LogP) is 1.10. The molecule has 1 atom stereocenters. The van der Waals surface area contributed by atoms with Crippen molar-refractivity contribution in [1.82, 2.24) is 19.7 Å². The number of likely N-dealkylation sites (tertiary alicyclic amines) is 1. The molecule has 0 N–H and O–H groups in total. The van der Waals surface area contributed by atoms with Crippen LogP contribution in [0.5, 0.6) is 0 Å². The minimum atomic E-state index is 0.210. The Morgan fingerprint density at radius 1 is 1.47 bits per heavy atom. The van der Waals surface area contributed by atoms with Crippen LogP contribution in [0.2, 0.25) is 0 Å². The molecular weight excluding hydrogens is 216 g/mol. The summed E-state index contributed by atoms with van der Waals surface area (Å²) in [5.41, 5.74) is 0. The minimum absolute atomic E-state index is 0.210. The van der Waals surface area contributed by atoms with Crippen LogP contribution in [0.3, 0.4) is 0 Å². The van der Waals surface area contributed by atoms with Gasteiger partial charge in [0.2, 0.25) is 0 Å². The molecule has 2 heterocycles. The van der Waals surface area contributed by atoms with Gasteiger partial charge in [0.05, 0.1) is 6.54 Å². The van der Waals surface area contributed by atoms with Crippen LogP contribution in [0.4, 0.5) is 0 Å². The van der Waals surface area contributed by atoms with Crippen molar-refractivity contribution >= 4 is 5.78 Å². The fourth-order valence-corrected chi connectivity index (χ4v) is 2.35. The first-order valence-corrected chi connectivity index (χ1v) is 6.36. The number of aryl methyl sites for hydroxylation is 1. The zero-order valence-electron chi connectivity index (χ0n) is 10.6. The molecule has 1 aliphatic rings. The molecule has 0 spiro atoms. The summed E-state index contributed by atoms with van der Waals surface area (Å²) < 4.78 is 1.91. The molecule has 94 valence electrons. The third kappa shape index (κ3) is 2.72. The van der Waals surface area contributed by atoms with Gasteiger partial charge in [0.25, 0.3) is 0 Å². The fraction of sp³-hybridized carbons (Fsp3) is 0.750. The molecule has 1 aromatic rings. The van der Waals surface area contributed by atoms with E-state index < -0.39 is 0 Å². The Morgan fingerprint density at radius 2 is 2.29 bits per heavy atom. The van der Waals surface area contributed by atoms with Gasteiger partial charge in [-0.05, 0) is 13.3 Å². The van der Waals surface area contributed by atoms with Gasteiger partial charge in [-0.25, -0.2) is 9.67 Å². The van der Waals surface area contributed by atoms with Crippen LogP contribution >= 0.6 is 0 Å². The molecule has 1 aliphatic heterocycles. The van der Waals surface area contributed by atoms with Gasteiger partial charge in [-0.3, -0.25) is 9.69 Å². The summed E-state index contributed by atoms with van der Waals surface area (Å²) in [6, 6.07) is 0. The Hall–Kier alpha value is -1.23. The number of ketones is 1. The molecule has 0 aliphatic carbocycles. The first kappa shape index (κ1) is 12.2. The Balaban J connectivity index is 1.98. The zero-order chi connectivity index (χ0) is 12.3. The lowest BCUT2D eigenvalue weighted by Crippen LogP contribution is -2.40. The molecule has 0 amide bonds. The fourth-order valence-electron chi connectivity index (χ4n) is 2.35. The van der Waals surface area contributed by atoms with E-state index in [-0.39, 0.29) is 5.92 Å². The summed E-state index contributed by atoms with van der Waals surface area (Å²) in [4.78, 5) is 18.2. The molecule has 0 aromatic carbocycles. The van der Waals surface area contributed by atoms with E-state index in [4.69, 9.17) is 0 Å². The van der Waals surface area contributed by atoms with E-state index in [2.05, 4.69) is 28.8 Å². The van der Waals surface area contributed by atoms with E-state index in [1.165, 1.54) is 0 Å². The van der Waals surface area contributed by atoms with Gasteiger partial charge in [-0.15, -0.1) is 0 Å². The predicted molar refractivity (Wildman–Crippen MR) is 64.4 cm³/mol. The van der Waals surface area contributed by atoms with Crippen molar-refractivity contribution in [1.29, 1.82) is 0 Å². The van der Waals surface area contributed by atoms with Crippen molar-refractivity contribution in [2.75, 3.05) is 13.1 Å². The number of aromatic nitrogens is 3. The van der Waals surface area contributed by atoms with E-state index in [0.29, 0.717) is 12.2 Å². The Morgan fingerprint density at radius 3 is 3.00 bits per heavy atom. The van der Waals surface area contributed by atoms with Crippen LogP contribution in [-0.2, 0) is 17.9 Å². The summed E-state index contributed by atoms with van der Waals surface area (Å²) in [6.07, 6.45) is 3.22. The van der Waals surface area contributed by atoms with Gasteiger partial charge < -0.3 is 0 Å². The van der Waals surface area contributed by atoms with Gasteiger partial charge in [0.1, 0.15) is 17.9 Å². The minimum Gasteiger partial charge on any atom is -0.299 e. The molecule has 1 unspecified atom stereocenters. The lowest BCUT2D eigenvalue weighted by atomic mass is 9.94. The molecule has 0 radical (unpaired) electrons. The second-order valence-corrected chi connectivity index (χ2v) is 4.55. The Bertz CT molecular complexity index is 388. The summed E-state index contributed by atoms with van der Waals surface area (Å²) in [5.74, 6) is 1.62. The monoisotopic (exact) mass is 236 g/mol. The topological polar surface area (TPSA) is 51.0 Å². The van der Waals surface area contributed by atoms with Crippen LogP contribution in [0.1, 0.15) is 32.5 Å². The van der Waals surface area contributed by atoms with Crippen LogP contribution in [-0.4, -0.2) is 38.5 Å². The summed E-state index contributed by atoms with van der Waals surface area (Å²) >= 11 is 0. The lowest BCUT2D eigenvalue weighted by molar-refractivity contribution is -0.126. The van der Waals surface area contributed by atoms with Crippen LogP contribution < -0.4 is 0 Å². The molecule has 2 rings (SSSR count). The molecule has 17 heavy (non-hydrogen) atoms. The van der Waals surface area contributed by atoms with Crippen molar-refractivity contribution in [2.45, 2.75) is 39.8 Å². The molecule has 5 nitrogen and oxygen atoms in total. The number of nitrogens with zero attached hydrogens (tertiary/aromatic N) is 4. The maximum atomic E-state index is 11.6. The van der Waals surface area contributed by atoms with Crippen molar-refractivity contribution in [3.63, 3.8) is 0 Å². The normalized spacial score (nSPS) is 22.0. The summed E-state index contributed by atoms with van der Waals surface area (Å²) in [7, 11) is 0. The van der Waals surface area contributed by atoms with E-state index >= 15 is 0 Å².